The number of aromatic nitrogens is 1. The van der Waals surface area contributed by atoms with Gasteiger partial charge in [-0.3, -0.25) is 0 Å². The Morgan fingerprint density at radius 2 is 2.17 bits per heavy atom. The molecule has 0 aliphatic rings. The van der Waals surface area contributed by atoms with Crippen LogP contribution in [0.1, 0.15) is 23.8 Å². The highest BCUT2D eigenvalue weighted by Gasteiger charge is 2.20. The molecule has 0 atom stereocenters. The Labute approximate surface area is 105 Å². The van der Waals surface area contributed by atoms with Crippen molar-refractivity contribution in [1.82, 2.24) is 9.29 Å². The van der Waals surface area contributed by atoms with Gasteiger partial charge in [-0.2, -0.15) is 0 Å². The summed E-state index contributed by atoms with van der Waals surface area (Å²) in [6, 6.07) is 1.12. The number of aromatic carboxylic acids is 1. The largest absolute Gasteiger partial charge is 0.477 e. The first kappa shape index (κ1) is 14.7. The lowest BCUT2D eigenvalue weighted by molar-refractivity contribution is 0.0685. The van der Waals surface area contributed by atoms with E-state index >= 15 is 0 Å². The summed E-state index contributed by atoms with van der Waals surface area (Å²) < 4.78 is 27.3. The Bertz CT molecular complexity index is 520. The summed E-state index contributed by atoms with van der Waals surface area (Å²) in [4.78, 5) is 10.8. The fraction of sp³-hybridized carbons (Fsp3) is 0.500. The summed E-state index contributed by atoms with van der Waals surface area (Å²) in [6.45, 7) is 2.09. The molecular weight excluding hydrogens is 260 g/mol. The zero-order valence-corrected chi connectivity index (χ0v) is 10.8. The lowest BCUT2D eigenvalue weighted by Crippen LogP contribution is -2.25. The second kappa shape index (κ2) is 5.98. The quantitative estimate of drug-likeness (QED) is 0.601. The van der Waals surface area contributed by atoms with E-state index in [1.165, 1.54) is 10.8 Å². The van der Waals surface area contributed by atoms with Crippen molar-refractivity contribution in [3.8, 4) is 0 Å². The van der Waals surface area contributed by atoms with Crippen LogP contribution in [0.4, 0.5) is 0 Å². The Morgan fingerprint density at radius 1 is 1.50 bits per heavy atom. The van der Waals surface area contributed by atoms with E-state index in [4.69, 9.17) is 10.2 Å². The molecule has 0 unspecified atom stereocenters. The minimum atomic E-state index is -3.72. The first-order valence-corrected chi connectivity index (χ1v) is 6.94. The van der Waals surface area contributed by atoms with Crippen molar-refractivity contribution >= 4 is 16.0 Å². The van der Waals surface area contributed by atoms with Crippen molar-refractivity contribution in [2.45, 2.75) is 24.8 Å². The van der Waals surface area contributed by atoms with Gasteiger partial charge in [-0.25, -0.2) is 17.9 Å². The zero-order valence-electron chi connectivity index (χ0n) is 9.96. The third kappa shape index (κ3) is 3.31. The van der Waals surface area contributed by atoms with E-state index in [1.807, 2.05) is 0 Å². The first-order chi connectivity index (χ1) is 8.42. The molecule has 0 aliphatic carbocycles. The monoisotopic (exact) mass is 276 g/mol. The minimum Gasteiger partial charge on any atom is -0.477 e. The second-order valence-electron chi connectivity index (χ2n) is 3.63. The van der Waals surface area contributed by atoms with Crippen molar-refractivity contribution < 1.29 is 23.4 Å². The predicted molar refractivity (Wildman–Crippen MR) is 64.0 cm³/mol. The molecule has 7 nitrogen and oxygen atoms in total. The fourth-order valence-electron chi connectivity index (χ4n) is 1.44. The smallest absolute Gasteiger partial charge is 0.352 e. The van der Waals surface area contributed by atoms with Crippen LogP contribution in [0.15, 0.2) is 17.2 Å². The molecule has 1 rings (SSSR count). The summed E-state index contributed by atoms with van der Waals surface area (Å²) in [5.41, 5.74) is -0.0694. The molecule has 0 fully saturated rings. The molecule has 1 heterocycles. The molecule has 102 valence electrons. The van der Waals surface area contributed by atoms with E-state index in [1.54, 1.807) is 6.92 Å². The topological polar surface area (TPSA) is 109 Å². The molecule has 1 aromatic rings. The number of carboxylic acids is 1. The van der Waals surface area contributed by atoms with Crippen molar-refractivity contribution in [3.05, 3.63) is 18.0 Å². The van der Waals surface area contributed by atoms with Crippen LogP contribution < -0.4 is 4.72 Å². The fourth-order valence-corrected chi connectivity index (χ4v) is 2.55. The van der Waals surface area contributed by atoms with Crippen LogP contribution in [-0.2, 0) is 16.6 Å². The number of carboxylic acid groups (broad SMARTS) is 1. The number of aliphatic hydroxyl groups is 1. The van der Waals surface area contributed by atoms with Gasteiger partial charge >= 0.3 is 5.97 Å². The van der Waals surface area contributed by atoms with Crippen LogP contribution in [0.3, 0.4) is 0 Å². The summed E-state index contributed by atoms with van der Waals surface area (Å²) in [5, 5.41) is 17.5. The number of carbonyl (C=O) groups is 1. The molecule has 1 aromatic heterocycles. The van der Waals surface area contributed by atoms with Gasteiger partial charge in [-0.15, -0.1) is 0 Å². The first-order valence-electron chi connectivity index (χ1n) is 5.46. The third-order valence-corrected chi connectivity index (χ3v) is 3.80. The van der Waals surface area contributed by atoms with Crippen molar-refractivity contribution in [2.24, 2.45) is 0 Å². The molecule has 0 aliphatic heterocycles. The number of rotatable bonds is 7. The lowest BCUT2D eigenvalue weighted by Gasteiger charge is -2.03. The van der Waals surface area contributed by atoms with E-state index in [2.05, 4.69) is 4.72 Å². The van der Waals surface area contributed by atoms with Crippen molar-refractivity contribution in [2.75, 3.05) is 13.2 Å². The number of nitrogens with zero attached hydrogens (tertiary/aromatic N) is 1. The number of hydrogen-bond donors (Lipinski definition) is 3. The molecule has 0 radical (unpaired) electrons. The molecular formula is C10H16N2O5S. The van der Waals surface area contributed by atoms with Gasteiger partial charge in [0.2, 0.25) is 10.0 Å². The average molecular weight is 276 g/mol. The molecule has 0 aromatic carbocycles. The summed E-state index contributed by atoms with van der Waals surface area (Å²) in [5.74, 6) is -1.17. The minimum absolute atomic E-state index is 0.0694. The maximum Gasteiger partial charge on any atom is 0.352 e. The van der Waals surface area contributed by atoms with E-state index in [9.17, 15) is 13.2 Å². The number of aliphatic hydroxyl groups excluding tert-OH is 1. The van der Waals surface area contributed by atoms with E-state index in [-0.39, 0.29) is 23.7 Å². The van der Waals surface area contributed by atoms with Crippen LogP contribution >= 0.6 is 0 Å². The van der Waals surface area contributed by atoms with Gasteiger partial charge in [0, 0.05) is 25.9 Å². The molecule has 8 heteroatoms. The van der Waals surface area contributed by atoms with Crippen molar-refractivity contribution in [1.29, 1.82) is 0 Å². The maximum absolute atomic E-state index is 11.8. The third-order valence-electron chi connectivity index (χ3n) is 2.37. The van der Waals surface area contributed by atoms with Crippen molar-refractivity contribution in [3.63, 3.8) is 0 Å². The number of aryl methyl sites for hydroxylation is 1. The van der Waals surface area contributed by atoms with Crippen LogP contribution in [0, 0.1) is 0 Å². The molecule has 0 bridgehead atoms. The van der Waals surface area contributed by atoms with E-state index in [0.717, 1.165) is 6.07 Å². The van der Waals surface area contributed by atoms with E-state index in [0.29, 0.717) is 13.0 Å². The highest BCUT2D eigenvalue weighted by atomic mass is 32.2. The van der Waals surface area contributed by atoms with Crippen LogP contribution in [0.2, 0.25) is 0 Å². The number of hydrogen-bond acceptors (Lipinski definition) is 4. The molecule has 0 spiro atoms. The summed E-state index contributed by atoms with van der Waals surface area (Å²) >= 11 is 0. The van der Waals surface area contributed by atoms with Gasteiger partial charge in [-0.1, -0.05) is 0 Å². The second-order valence-corrected chi connectivity index (χ2v) is 5.39. The van der Waals surface area contributed by atoms with Crippen LogP contribution in [0.25, 0.3) is 0 Å². The summed E-state index contributed by atoms with van der Waals surface area (Å²) in [7, 11) is -3.72. The highest BCUT2D eigenvalue weighted by molar-refractivity contribution is 7.89. The van der Waals surface area contributed by atoms with Gasteiger partial charge in [0.05, 0.1) is 0 Å². The summed E-state index contributed by atoms with van der Waals surface area (Å²) in [6.07, 6.45) is 1.59. The highest BCUT2D eigenvalue weighted by Crippen LogP contribution is 2.14. The Balaban J connectivity index is 2.99. The van der Waals surface area contributed by atoms with Gasteiger partial charge < -0.3 is 14.8 Å². The SMILES string of the molecule is CCn1cc(S(=O)(=O)NCCCO)cc1C(=O)O. The normalized spacial score (nSPS) is 11.7. The Kier molecular flexibility index (Phi) is 4.88. The van der Waals surface area contributed by atoms with Gasteiger partial charge in [0.1, 0.15) is 10.6 Å². The molecule has 0 saturated heterocycles. The molecule has 18 heavy (non-hydrogen) atoms. The molecule has 3 N–H and O–H groups in total. The van der Waals surface area contributed by atoms with Crippen LogP contribution in [0.5, 0.6) is 0 Å². The predicted octanol–water partition coefficient (Wildman–Crippen LogP) is -0.133. The van der Waals surface area contributed by atoms with E-state index < -0.39 is 16.0 Å². The Morgan fingerprint density at radius 3 is 2.61 bits per heavy atom. The number of nitrogens with one attached hydrogen (secondary N) is 1. The average Bonchev–Trinajstić information content (AvgIpc) is 2.74. The van der Waals surface area contributed by atoms with Gasteiger partial charge in [0.25, 0.3) is 0 Å². The Hall–Kier alpha value is -1.38. The lowest BCUT2D eigenvalue weighted by atomic mass is 10.4. The maximum atomic E-state index is 11.8. The molecule has 0 saturated carbocycles. The standard InChI is InChI=1S/C10H16N2O5S/c1-2-12-7-8(6-9(12)10(14)15)18(16,17)11-4-3-5-13/h6-7,11,13H,2-5H2,1H3,(H,14,15). The zero-order chi connectivity index (χ0) is 13.8. The molecule has 0 amide bonds. The van der Waals surface area contributed by atoms with Gasteiger partial charge in [0.15, 0.2) is 0 Å². The van der Waals surface area contributed by atoms with Gasteiger partial charge in [-0.05, 0) is 19.4 Å². The number of sulfonamides is 1. The van der Waals surface area contributed by atoms with Crippen LogP contribution in [-0.4, -0.2) is 42.3 Å².